The molecule has 2 nitrogen and oxygen atoms in total. The Kier molecular flexibility index (Phi) is 8.39. The van der Waals surface area contributed by atoms with Crippen LogP contribution in [0.15, 0.2) is 188 Å². The van der Waals surface area contributed by atoms with E-state index in [9.17, 15) is 0 Å². The maximum Gasteiger partial charge on any atom is 0.0541 e. The van der Waals surface area contributed by atoms with Crippen molar-refractivity contribution in [2.75, 3.05) is 4.90 Å². The zero-order valence-corrected chi connectivity index (χ0v) is 37.1. The molecule has 2 bridgehead atoms. The largest absolute Gasteiger partial charge is 0.310 e. The third-order valence-corrected chi connectivity index (χ3v) is 16.5. The average molecular weight is 827 g/mol. The van der Waals surface area contributed by atoms with Crippen molar-refractivity contribution in [3.63, 3.8) is 0 Å². The number of fused-ring (bicyclic) bond motifs is 7. The van der Waals surface area contributed by atoms with Gasteiger partial charge in [-0.05, 0) is 160 Å². The van der Waals surface area contributed by atoms with Crippen LogP contribution in [0.5, 0.6) is 0 Å². The lowest BCUT2D eigenvalue weighted by Crippen LogP contribution is -2.34. The van der Waals surface area contributed by atoms with Crippen LogP contribution in [0.3, 0.4) is 0 Å². The third kappa shape index (κ3) is 5.70. The van der Waals surface area contributed by atoms with Gasteiger partial charge in [0.15, 0.2) is 0 Å². The normalized spacial score (nSPS) is 22.5. The fourth-order valence-corrected chi connectivity index (χ4v) is 13.6. The summed E-state index contributed by atoms with van der Waals surface area (Å²) >= 11 is 0. The van der Waals surface area contributed by atoms with E-state index in [1.807, 2.05) is 0 Å². The highest BCUT2D eigenvalue weighted by atomic mass is 15.1. The first-order valence-electron chi connectivity index (χ1n) is 23.8. The Morgan fingerprint density at radius 1 is 0.469 bits per heavy atom. The monoisotopic (exact) mass is 826 g/mol. The van der Waals surface area contributed by atoms with Crippen molar-refractivity contribution in [3.8, 4) is 39.1 Å². The van der Waals surface area contributed by atoms with Crippen molar-refractivity contribution in [2.45, 2.75) is 63.7 Å². The molecule has 0 radical (unpaired) electrons. The van der Waals surface area contributed by atoms with Gasteiger partial charge in [0.2, 0.25) is 0 Å². The van der Waals surface area contributed by atoms with E-state index in [2.05, 4.69) is 218 Å². The van der Waals surface area contributed by atoms with E-state index in [-0.39, 0.29) is 5.41 Å². The van der Waals surface area contributed by atoms with E-state index < -0.39 is 0 Å². The van der Waals surface area contributed by atoms with E-state index in [0.717, 1.165) is 23.7 Å². The molecule has 2 unspecified atom stereocenters. The summed E-state index contributed by atoms with van der Waals surface area (Å²) in [5.41, 5.74) is 19.4. The summed E-state index contributed by atoms with van der Waals surface area (Å²) in [6.07, 6.45) is 7.03. The number of benzene rings is 8. The first-order valence-corrected chi connectivity index (χ1v) is 23.8. The van der Waals surface area contributed by atoms with Crippen LogP contribution in [-0.2, 0) is 10.8 Å². The molecule has 1 aromatic heterocycles. The van der Waals surface area contributed by atoms with E-state index in [1.54, 1.807) is 5.56 Å². The Bertz CT molecular complexity index is 3200. The highest BCUT2D eigenvalue weighted by Crippen LogP contribution is 2.65. The van der Waals surface area contributed by atoms with Gasteiger partial charge in [0, 0.05) is 38.8 Å². The molecule has 3 saturated carbocycles. The lowest BCUT2D eigenvalue weighted by atomic mass is 9.63. The van der Waals surface area contributed by atoms with E-state index in [4.69, 9.17) is 0 Å². The number of aromatic nitrogens is 1. The van der Waals surface area contributed by atoms with Gasteiger partial charge in [-0.25, -0.2) is 0 Å². The molecule has 0 spiro atoms. The van der Waals surface area contributed by atoms with Crippen molar-refractivity contribution < 1.29 is 0 Å². The Labute approximate surface area is 377 Å². The minimum Gasteiger partial charge on any atom is -0.310 e. The van der Waals surface area contributed by atoms with Crippen molar-refractivity contribution in [1.29, 1.82) is 0 Å². The van der Waals surface area contributed by atoms with Crippen molar-refractivity contribution in [1.82, 2.24) is 4.57 Å². The van der Waals surface area contributed by atoms with Gasteiger partial charge >= 0.3 is 0 Å². The smallest absolute Gasteiger partial charge is 0.0541 e. The van der Waals surface area contributed by atoms with Gasteiger partial charge < -0.3 is 9.47 Å². The number of anilines is 3. The summed E-state index contributed by atoms with van der Waals surface area (Å²) in [6, 6.07) is 70.8. The Morgan fingerprint density at radius 3 is 1.75 bits per heavy atom. The Morgan fingerprint density at radius 2 is 1.03 bits per heavy atom. The molecule has 312 valence electrons. The van der Waals surface area contributed by atoms with Crippen molar-refractivity contribution >= 4 is 38.9 Å². The summed E-state index contributed by atoms with van der Waals surface area (Å²) in [7, 11) is 0. The quantitative estimate of drug-likeness (QED) is 0.155. The standard InChI is InChI=1S/C62H54N2/c1-40-34-44-35-45-38-62(37-40,39-55(44)45)46-26-30-48(31-27-46)63(49-32-33-52-51-13-4-8-16-56(51)61(2,3)57(52)36-49)47-28-24-42(25-29-47)41-20-22-43(23-21-41)50-12-5-9-17-58(50)64-59-18-10-6-14-53(59)54-15-7-11-19-60(54)64/h4-33,36,40,44-45,55H,34-35,37-39H2,1-3H3/t40-,44-,45-,55?,62?/m0/s1. The SMILES string of the molecule is C[C@H]1C[C@H]2C[C@H]3CC(c4ccc(N(c5ccc(-c6ccc(-c7ccccc7-n7c8ccccc8c8ccccc87)cc6)cc5)c5ccc6c(c5)C(C)(C)c5ccccc5-6)cc4)(CC23)C1. The summed E-state index contributed by atoms with van der Waals surface area (Å²) < 4.78 is 2.43. The highest BCUT2D eigenvalue weighted by Gasteiger charge is 2.57. The van der Waals surface area contributed by atoms with Gasteiger partial charge in [-0.1, -0.05) is 154 Å². The molecule has 4 aliphatic carbocycles. The van der Waals surface area contributed by atoms with Gasteiger partial charge in [0.1, 0.15) is 0 Å². The molecule has 64 heavy (non-hydrogen) atoms. The molecule has 9 aromatic rings. The van der Waals surface area contributed by atoms with Gasteiger partial charge in [-0.15, -0.1) is 0 Å². The first-order chi connectivity index (χ1) is 31.3. The summed E-state index contributed by atoms with van der Waals surface area (Å²) in [6.45, 7) is 7.29. The molecule has 3 fully saturated rings. The minimum atomic E-state index is -0.0769. The van der Waals surface area contributed by atoms with E-state index in [0.29, 0.717) is 5.41 Å². The molecule has 4 aliphatic rings. The fourth-order valence-electron chi connectivity index (χ4n) is 13.6. The van der Waals surface area contributed by atoms with E-state index >= 15 is 0 Å². The van der Waals surface area contributed by atoms with Crippen LogP contribution < -0.4 is 4.90 Å². The second kappa shape index (κ2) is 14.2. The van der Waals surface area contributed by atoms with Crippen LogP contribution in [0.4, 0.5) is 17.1 Å². The van der Waals surface area contributed by atoms with Gasteiger partial charge in [-0.2, -0.15) is 0 Å². The molecule has 1 heterocycles. The van der Waals surface area contributed by atoms with Gasteiger partial charge in [0.25, 0.3) is 0 Å². The van der Waals surface area contributed by atoms with Crippen LogP contribution in [0.2, 0.25) is 0 Å². The Balaban J connectivity index is 0.854. The lowest BCUT2D eigenvalue weighted by Gasteiger charge is -2.42. The summed E-state index contributed by atoms with van der Waals surface area (Å²) in [5, 5.41) is 2.56. The maximum absolute atomic E-state index is 2.52. The summed E-state index contributed by atoms with van der Waals surface area (Å²) in [5.74, 6) is 3.69. The van der Waals surface area contributed by atoms with Crippen LogP contribution >= 0.6 is 0 Å². The second-order valence-electron chi connectivity index (χ2n) is 20.4. The van der Waals surface area contributed by atoms with Gasteiger partial charge in [0.05, 0.1) is 16.7 Å². The number of hydrogen-bond donors (Lipinski definition) is 0. The molecular weight excluding hydrogens is 773 g/mol. The topological polar surface area (TPSA) is 8.17 Å². The molecule has 0 saturated heterocycles. The molecule has 13 rings (SSSR count). The van der Waals surface area contributed by atoms with Crippen LogP contribution in [0.1, 0.15) is 69.6 Å². The second-order valence-corrected chi connectivity index (χ2v) is 20.4. The van der Waals surface area contributed by atoms with Crippen LogP contribution in [0.25, 0.3) is 60.9 Å². The van der Waals surface area contributed by atoms with E-state index in [1.165, 1.54) is 121 Å². The zero-order chi connectivity index (χ0) is 42.7. The molecule has 0 aliphatic heterocycles. The predicted molar refractivity (Wildman–Crippen MR) is 268 cm³/mol. The molecular formula is C62H54N2. The molecule has 8 aromatic carbocycles. The Hall–Kier alpha value is -6.64. The van der Waals surface area contributed by atoms with Crippen molar-refractivity contribution in [3.05, 3.63) is 205 Å². The minimum absolute atomic E-state index is 0.0769. The highest BCUT2D eigenvalue weighted by molar-refractivity contribution is 6.09. The number of nitrogens with zero attached hydrogens (tertiary/aromatic N) is 2. The van der Waals surface area contributed by atoms with Crippen LogP contribution in [0, 0.1) is 23.7 Å². The lowest BCUT2D eigenvalue weighted by molar-refractivity contribution is 0.0780. The zero-order valence-electron chi connectivity index (χ0n) is 37.1. The molecule has 5 atom stereocenters. The first kappa shape index (κ1) is 37.9. The fraction of sp³-hybridized carbons (Fsp3) is 0.226. The van der Waals surface area contributed by atoms with Crippen molar-refractivity contribution in [2.24, 2.45) is 23.7 Å². The third-order valence-electron chi connectivity index (χ3n) is 16.5. The number of hydrogen-bond acceptors (Lipinski definition) is 1. The molecule has 2 heteroatoms. The molecule has 0 N–H and O–H groups in total. The number of para-hydroxylation sites is 3. The van der Waals surface area contributed by atoms with Crippen LogP contribution in [-0.4, -0.2) is 4.57 Å². The average Bonchev–Trinajstić information content (AvgIpc) is 3.87. The maximum atomic E-state index is 2.52. The number of rotatable bonds is 7. The summed E-state index contributed by atoms with van der Waals surface area (Å²) in [4.78, 5) is 2.49. The predicted octanol–water partition coefficient (Wildman–Crippen LogP) is 16.6. The molecule has 0 amide bonds. The van der Waals surface area contributed by atoms with Gasteiger partial charge in [-0.3, -0.25) is 0 Å².